The van der Waals surface area contributed by atoms with Crippen LogP contribution in [0.4, 0.5) is 11.4 Å². The summed E-state index contributed by atoms with van der Waals surface area (Å²) in [5, 5.41) is 7.12. The number of allylic oxidation sites excluding steroid dienone is 3. The minimum absolute atomic E-state index is 0.945. The van der Waals surface area contributed by atoms with Gasteiger partial charge in [0.15, 0.2) is 12.4 Å². The van der Waals surface area contributed by atoms with Crippen LogP contribution in [0.25, 0.3) is 18.2 Å². The number of benzene rings is 2. The van der Waals surface area contributed by atoms with E-state index in [0.717, 1.165) is 62.9 Å². The van der Waals surface area contributed by atoms with Gasteiger partial charge in [-0.15, -0.1) is 0 Å². The van der Waals surface area contributed by atoms with Crippen molar-refractivity contribution < 1.29 is 18.6 Å². The van der Waals surface area contributed by atoms with E-state index in [0.29, 0.717) is 0 Å². The van der Waals surface area contributed by atoms with Crippen molar-refractivity contribution in [3.8, 4) is 0 Å². The van der Waals surface area contributed by atoms with Crippen molar-refractivity contribution in [2.75, 3.05) is 36.5 Å². The molecule has 52 heavy (non-hydrogen) atoms. The van der Waals surface area contributed by atoms with E-state index in [1.165, 1.54) is 32.9 Å². The molecule has 1 aliphatic heterocycles. The highest BCUT2D eigenvalue weighted by atomic mass is 33.1. The van der Waals surface area contributed by atoms with Gasteiger partial charge in [0.05, 0.1) is 32.9 Å². The number of aromatic nitrogens is 5. The van der Waals surface area contributed by atoms with Gasteiger partial charge in [0, 0.05) is 66.8 Å². The highest BCUT2D eigenvalue weighted by Crippen LogP contribution is 2.21. The predicted molar refractivity (Wildman–Crippen MR) is 218 cm³/mol. The summed E-state index contributed by atoms with van der Waals surface area (Å²) in [6.07, 6.45) is 34.6. The second-order valence-electron chi connectivity index (χ2n) is 13.1. The van der Waals surface area contributed by atoms with Crippen molar-refractivity contribution in [3.63, 3.8) is 0 Å². The Morgan fingerprint density at radius 3 is 1.94 bits per heavy atom. The fraction of sp³-hybridized carbons (Fsp3) is 0.262. The van der Waals surface area contributed by atoms with Crippen LogP contribution in [-0.4, -0.2) is 35.0 Å². The normalized spacial score (nSPS) is 14.1. The molecule has 8 nitrogen and oxygen atoms in total. The van der Waals surface area contributed by atoms with E-state index < -0.39 is 0 Å². The molecule has 6 rings (SSSR count). The molecular formula is C42H52N8S2+4. The van der Waals surface area contributed by atoms with Gasteiger partial charge in [0.25, 0.3) is 0 Å². The van der Waals surface area contributed by atoms with Crippen LogP contribution < -0.4 is 29.2 Å². The molecule has 268 valence electrons. The molecule has 0 saturated carbocycles. The second-order valence-corrected chi connectivity index (χ2v) is 15.7. The van der Waals surface area contributed by atoms with Crippen molar-refractivity contribution >= 4 is 51.2 Å². The van der Waals surface area contributed by atoms with Crippen LogP contribution in [0.5, 0.6) is 0 Å². The number of rotatable bonds is 20. The Balaban J connectivity index is 0.787. The third-order valence-corrected chi connectivity index (χ3v) is 11.0. The number of quaternary nitrogens is 1. The van der Waals surface area contributed by atoms with Crippen LogP contribution in [0.2, 0.25) is 0 Å². The molecule has 5 aromatic rings. The molecule has 2 aromatic carbocycles. The molecule has 0 radical (unpaired) electrons. The molecule has 1 unspecified atom stereocenters. The van der Waals surface area contributed by atoms with E-state index in [1.807, 2.05) is 33.2 Å². The number of nitrogens with zero attached hydrogens (tertiary/aromatic N) is 5. The Morgan fingerprint density at radius 1 is 0.673 bits per heavy atom. The molecule has 1 aliphatic rings. The lowest BCUT2D eigenvalue weighted by atomic mass is 10.1. The summed E-state index contributed by atoms with van der Waals surface area (Å²) in [6, 6.07) is 21.5. The number of imidazole rings is 2. The Bertz CT molecular complexity index is 1940. The average molecular weight is 733 g/mol. The summed E-state index contributed by atoms with van der Waals surface area (Å²) in [6.45, 7) is 4.91. The van der Waals surface area contributed by atoms with Crippen LogP contribution in [-0.2, 0) is 32.6 Å². The first kappa shape index (κ1) is 37.0. The van der Waals surface area contributed by atoms with E-state index >= 15 is 0 Å². The predicted octanol–water partition coefficient (Wildman–Crippen LogP) is 5.84. The molecular weight excluding hydrogens is 681 g/mol. The van der Waals surface area contributed by atoms with Crippen LogP contribution in [0.3, 0.4) is 0 Å². The first-order chi connectivity index (χ1) is 25.5. The average Bonchev–Trinajstić information content (AvgIpc) is 3.93. The van der Waals surface area contributed by atoms with E-state index in [1.54, 1.807) is 0 Å². The molecule has 1 atom stereocenters. The first-order valence-electron chi connectivity index (χ1n) is 18.1. The third kappa shape index (κ3) is 12.5. The van der Waals surface area contributed by atoms with Gasteiger partial charge in [0.2, 0.25) is 12.7 Å². The standard InChI is InChI=1S/C42H50N8S2/c1-45-24-17-39(18-25-45)6-5-37-9-13-41(14-10-37)43-20-3-22-47-27-28-49(34-47)31-32-51-52-36-50-30-29-48(35-50)23-4-21-44-42-15-11-38(12-16-42)7-8-40-19-26-46(2)33-40/h5-19,24-30,33-35,44H,3-4,20-23,31-32,36H2,1-2H3/q+2/p+2/b8-7+. The van der Waals surface area contributed by atoms with Gasteiger partial charge in [0.1, 0.15) is 43.9 Å². The van der Waals surface area contributed by atoms with E-state index in [-0.39, 0.29) is 0 Å². The minimum Gasteiger partial charge on any atom is -0.385 e. The van der Waals surface area contributed by atoms with Crippen LogP contribution in [0, 0.1) is 0 Å². The van der Waals surface area contributed by atoms with Gasteiger partial charge >= 0.3 is 0 Å². The highest BCUT2D eigenvalue weighted by molar-refractivity contribution is 8.76. The fourth-order valence-corrected chi connectivity index (χ4v) is 7.68. The Kier molecular flexibility index (Phi) is 14.0. The lowest BCUT2D eigenvalue weighted by Gasteiger charge is -2.06. The minimum atomic E-state index is 0.945. The summed E-state index contributed by atoms with van der Waals surface area (Å²) in [5.41, 5.74) is 7.20. The van der Waals surface area contributed by atoms with Gasteiger partial charge in [-0.1, -0.05) is 53.3 Å². The maximum Gasteiger partial charge on any atom is 0.244 e. The van der Waals surface area contributed by atoms with Crippen molar-refractivity contribution in [3.05, 3.63) is 157 Å². The topological polar surface area (TPSA) is 50.0 Å². The first-order valence-corrected chi connectivity index (χ1v) is 20.6. The third-order valence-electron chi connectivity index (χ3n) is 8.75. The number of pyridine rings is 1. The molecule has 0 amide bonds. The van der Waals surface area contributed by atoms with Crippen molar-refractivity contribution in [2.45, 2.75) is 38.4 Å². The zero-order chi connectivity index (χ0) is 35.8. The molecule has 0 aliphatic carbocycles. The van der Waals surface area contributed by atoms with Gasteiger partial charge in [-0.25, -0.2) is 22.8 Å². The van der Waals surface area contributed by atoms with Crippen LogP contribution >= 0.6 is 21.6 Å². The van der Waals surface area contributed by atoms with Gasteiger partial charge < -0.3 is 10.6 Å². The Hall–Kier alpha value is -4.77. The van der Waals surface area contributed by atoms with Crippen LogP contribution in [0.15, 0.2) is 141 Å². The molecule has 3 aromatic heterocycles. The zero-order valence-electron chi connectivity index (χ0n) is 30.4. The molecule has 0 saturated heterocycles. The molecule has 10 heteroatoms. The molecule has 0 bridgehead atoms. The molecule has 3 N–H and O–H groups in total. The maximum absolute atomic E-state index is 3.56. The lowest BCUT2D eigenvalue weighted by Crippen LogP contribution is -2.98. The zero-order valence-corrected chi connectivity index (χ0v) is 32.0. The van der Waals surface area contributed by atoms with Gasteiger partial charge in [-0.2, -0.15) is 0 Å². The molecule has 4 heterocycles. The summed E-state index contributed by atoms with van der Waals surface area (Å²) in [4.78, 5) is 1.30. The number of aryl methyl sites for hydroxylation is 4. The van der Waals surface area contributed by atoms with Gasteiger partial charge in [-0.05, 0) is 57.8 Å². The summed E-state index contributed by atoms with van der Waals surface area (Å²) >= 11 is 0. The monoisotopic (exact) mass is 732 g/mol. The molecule has 0 spiro atoms. The molecule has 0 fully saturated rings. The quantitative estimate of drug-likeness (QED) is 0.0535. The van der Waals surface area contributed by atoms with Gasteiger partial charge in [-0.3, -0.25) is 4.90 Å². The Morgan fingerprint density at radius 2 is 1.27 bits per heavy atom. The van der Waals surface area contributed by atoms with Crippen molar-refractivity contribution in [1.82, 2.24) is 9.13 Å². The number of hydrogen-bond acceptors (Lipinski definition) is 4. The highest BCUT2D eigenvalue weighted by Gasteiger charge is 2.07. The lowest BCUT2D eigenvalue weighted by molar-refractivity contribution is -0.763. The summed E-state index contributed by atoms with van der Waals surface area (Å²) in [7, 11) is 8.00. The number of hydrogen-bond donors (Lipinski definition) is 3. The van der Waals surface area contributed by atoms with Crippen molar-refractivity contribution in [2.24, 2.45) is 7.05 Å². The summed E-state index contributed by atoms with van der Waals surface area (Å²) in [5.74, 6) is 2.03. The summed E-state index contributed by atoms with van der Waals surface area (Å²) < 4.78 is 11.2. The Labute approximate surface area is 316 Å². The smallest absolute Gasteiger partial charge is 0.244 e. The SMILES string of the molecule is C[n+]1ccc(/C=C/c2ccc(NCCC[n+]3ccn(CCSSC[n+]4ccn(CCCNc5ccc(/C=C/C6=C[NH+](C)C=C6)cc5)c4)c3)cc2)cc1. The van der Waals surface area contributed by atoms with E-state index in [4.69, 9.17) is 0 Å². The fourth-order valence-electron chi connectivity index (χ4n) is 5.76. The van der Waals surface area contributed by atoms with Crippen LogP contribution in [0.1, 0.15) is 29.5 Å². The second kappa shape index (κ2) is 19.7. The van der Waals surface area contributed by atoms with E-state index in [9.17, 15) is 0 Å². The maximum atomic E-state index is 3.56. The number of nitrogens with one attached hydrogen (secondary N) is 3. The number of anilines is 2. The largest absolute Gasteiger partial charge is 0.385 e. The van der Waals surface area contributed by atoms with E-state index in [2.05, 4.69) is 189 Å². The van der Waals surface area contributed by atoms with Crippen molar-refractivity contribution in [1.29, 1.82) is 0 Å².